The molecule has 1 rings (SSSR count). The van der Waals surface area contributed by atoms with E-state index in [1.807, 2.05) is 17.8 Å². The molecule has 2 nitrogen and oxygen atoms in total. The molecule has 0 bridgehead atoms. The van der Waals surface area contributed by atoms with Gasteiger partial charge in [0.05, 0.1) is 5.51 Å². The van der Waals surface area contributed by atoms with E-state index in [1.165, 1.54) is 11.3 Å². The quantitative estimate of drug-likeness (QED) is 0.699. The van der Waals surface area contributed by atoms with Gasteiger partial charge in [-0.25, -0.2) is 0 Å². The van der Waals surface area contributed by atoms with Gasteiger partial charge in [-0.1, -0.05) is 13.0 Å². The molecule has 0 amide bonds. The predicted octanol–water partition coefficient (Wildman–Crippen LogP) is 3.15. The maximum atomic E-state index is 4.11. The molecule has 0 aliphatic carbocycles. The van der Waals surface area contributed by atoms with Crippen molar-refractivity contribution in [2.24, 2.45) is 0 Å². The lowest BCUT2D eigenvalue weighted by Crippen LogP contribution is -2.21. The van der Waals surface area contributed by atoms with Gasteiger partial charge >= 0.3 is 0 Å². The number of nitrogens with one attached hydrogen (secondary N) is 1. The molecule has 0 aliphatic rings. The van der Waals surface area contributed by atoms with Crippen LogP contribution in [-0.4, -0.2) is 11.5 Å². The Morgan fingerprint density at radius 2 is 2.57 bits per heavy atom. The molecule has 0 radical (unpaired) electrons. The van der Waals surface area contributed by atoms with E-state index in [0.717, 1.165) is 19.4 Å². The lowest BCUT2D eigenvalue weighted by Gasteiger charge is -2.15. The van der Waals surface area contributed by atoms with Gasteiger partial charge in [0.2, 0.25) is 0 Å². The fraction of sp³-hybridized carbons (Fsp3) is 0.545. The van der Waals surface area contributed by atoms with Crippen molar-refractivity contribution in [3.63, 3.8) is 0 Å². The molecule has 0 spiro atoms. The van der Waals surface area contributed by atoms with Gasteiger partial charge < -0.3 is 5.32 Å². The van der Waals surface area contributed by atoms with E-state index < -0.39 is 0 Å². The van der Waals surface area contributed by atoms with Crippen LogP contribution in [-0.2, 0) is 0 Å². The Morgan fingerprint density at radius 1 is 1.71 bits per heavy atom. The topological polar surface area (TPSA) is 24.9 Å². The minimum absolute atomic E-state index is 0.459. The number of rotatable bonds is 7. The van der Waals surface area contributed by atoms with Crippen molar-refractivity contribution in [1.29, 1.82) is 0 Å². The number of thiazole rings is 1. The Hall–Kier alpha value is -0.670. The Bertz CT molecular complexity index is 244. The van der Waals surface area contributed by atoms with Crippen molar-refractivity contribution >= 4 is 11.3 Å². The minimum atomic E-state index is 0.459. The molecule has 1 N–H and O–H groups in total. The summed E-state index contributed by atoms with van der Waals surface area (Å²) < 4.78 is 0. The van der Waals surface area contributed by atoms with E-state index in [9.17, 15) is 0 Å². The summed E-state index contributed by atoms with van der Waals surface area (Å²) in [6.07, 6.45) is 7.27. The van der Waals surface area contributed by atoms with Gasteiger partial charge in [-0.15, -0.1) is 17.9 Å². The molecule has 0 fully saturated rings. The third-order valence-corrected chi connectivity index (χ3v) is 2.98. The minimum Gasteiger partial charge on any atom is -0.309 e. The molecule has 1 heterocycles. The maximum absolute atomic E-state index is 4.11. The molecule has 0 aromatic carbocycles. The molecule has 1 atom stereocenters. The van der Waals surface area contributed by atoms with E-state index in [2.05, 4.69) is 23.8 Å². The van der Waals surface area contributed by atoms with Crippen LogP contribution in [0.3, 0.4) is 0 Å². The highest BCUT2D eigenvalue weighted by Crippen LogP contribution is 2.21. The van der Waals surface area contributed by atoms with Gasteiger partial charge in [-0.3, -0.25) is 4.98 Å². The second-order valence-corrected chi connectivity index (χ2v) is 4.19. The molecule has 3 heteroatoms. The van der Waals surface area contributed by atoms with Crippen LogP contribution in [0.2, 0.25) is 0 Å². The van der Waals surface area contributed by atoms with Gasteiger partial charge in [0.1, 0.15) is 0 Å². The fourth-order valence-electron chi connectivity index (χ4n) is 1.35. The molecule has 0 aliphatic heterocycles. The molecule has 1 aromatic rings. The summed E-state index contributed by atoms with van der Waals surface area (Å²) >= 11 is 1.72. The Labute approximate surface area is 90.1 Å². The molecule has 0 saturated carbocycles. The highest BCUT2D eigenvalue weighted by atomic mass is 32.1. The van der Waals surface area contributed by atoms with Gasteiger partial charge in [-0.2, -0.15) is 0 Å². The maximum Gasteiger partial charge on any atom is 0.0794 e. The average molecular weight is 210 g/mol. The van der Waals surface area contributed by atoms with Gasteiger partial charge in [0.25, 0.3) is 0 Å². The Kier molecular flexibility index (Phi) is 5.49. The van der Waals surface area contributed by atoms with Crippen molar-refractivity contribution in [3.8, 4) is 0 Å². The monoisotopic (exact) mass is 210 g/mol. The third-order valence-electron chi connectivity index (χ3n) is 2.10. The lowest BCUT2D eigenvalue weighted by molar-refractivity contribution is 0.509. The zero-order valence-corrected chi connectivity index (χ0v) is 9.52. The first kappa shape index (κ1) is 11.4. The molecule has 14 heavy (non-hydrogen) atoms. The average Bonchev–Trinajstić information content (AvgIpc) is 2.71. The number of hydrogen-bond acceptors (Lipinski definition) is 3. The van der Waals surface area contributed by atoms with Crippen molar-refractivity contribution in [2.45, 2.75) is 32.2 Å². The lowest BCUT2D eigenvalue weighted by atomic mass is 10.1. The van der Waals surface area contributed by atoms with Crippen LogP contribution in [0, 0.1) is 0 Å². The van der Waals surface area contributed by atoms with E-state index >= 15 is 0 Å². The fourth-order valence-corrected chi connectivity index (χ4v) is 2.08. The molecule has 1 aromatic heterocycles. The van der Waals surface area contributed by atoms with E-state index in [0.29, 0.717) is 6.04 Å². The molecule has 0 saturated heterocycles. The van der Waals surface area contributed by atoms with E-state index in [-0.39, 0.29) is 0 Å². The molecule has 1 unspecified atom stereocenters. The summed E-state index contributed by atoms with van der Waals surface area (Å²) in [6, 6.07) is 0.459. The smallest absolute Gasteiger partial charge is 0.0794 e. The van der Waals surface area contributed by atoms with Gasteiger partial charge in [0.15, 0.2) is 0 Å². The third kappa shape index (κ3) is 3.60. The van der Waals surface area contributed by atoms with Crippen molar-refractivity contribution in [1.82, 2.24) is 10.3 Å². The highest BCUT2D eigenvalue weighted by Gasteiger charge is 2.10. The first-order valence-electron chi connectivity index (χ1n) is 5.11. The summed E-state index contributed by atoms with van der Waals surface area (Å²) in [4.78, 5) is 5.45. The summed E-state index contributed by atoms with van der Waals surface area (Å²) in [7, 11) is 0. The van der Waals surface area contributed by atoms with Gasteiger partial charge in [-0.05, 0) is 25.8 Å². The second kappa shape index (κ2) is 6.74. The van der Waals surface area contributed by atoms with Crippen LogP contribution in [0.4, 0.5) is 0 Å². The SMILES string of the molecule is C=CCCC(NCCC)c1cncs1. The Balaban J connectivity index is 2.48. The highest BCUT2D eigenvalue weighted by molar-refractivity contribution is 7.09. The number of allylic oxidation sites excluding steroid dienone is 1. The van der Waals surface area contributed by atoms with Crippen LogP contribution >= 0.6 is 11.3 Å². The van der Waals surface area contributed by atoms with Crippen LogP contribution in [0.5, 0.6) is 0 Å². The zero-order chi connectivity index (χ0) is 10.2. The number of hydrogen-bond donors (Lipinski definition) is 1. The first-order chi connectivity index (χ1) is 6.88. The van der Waals surface area contributed by atoms with Crippen molar-refractivity contribution < 1.29 is 0 Å². The number of nitrogens with zero attached hydrogens (tertiary/aromatic N) is 1. The van der Waals surface area contributed by atoms with Crippen LogP contribution in [0.1, 0.15) is 37.1 Å². The Morgan fingerprint density at radius 3 is 3.14 bits per heavy atom. The summed E-state index contributed by atoms with van der Waals surface area (Å²) in [5.74, 6) is 0. The zero-order valence-electron chi connectivity index (χ0n) is 8.70. The molecule has 78 valence electrons. The van der Waals surface area contributed by atoms with Crippen LogP contribution in [0.25, 0.3) is 0 Å². The number of aromatic nitrogens is 1. The standard InChI is InChI=1S/C11H18N2S/c1-3-5-6-10(13-7-4-2)11-8-12-9-14-11/h3,8-10,13H,1,4-7H2,2H3. The first-order valence-corrected chi connectivity index (χ1v) is 5.99. The predicted molar refractivity (Wildman–Crippen MR) is 62.6 cm³/mol. The molecular formula is C11H18N2S. The summed E-state index contributed by atoms with van der Waals surface area (Å²) in [5.41, 5.74) is 1.89. The van der Waals surface area contributed by atoms with Crippen molar-refractivity contribution in [3.05, 3.63) is 29.2 Å². The largest absolute Gasteiger partial charge is 0.309 e. The normalized spacial score (nSPS) is 12.6. The molecular weight excluding hydrogens is 192 g/mol. The van der Waals surface area contributed by atoms with Crippen molar-refractivity contribution in [2.75, 3.05) is 6.54 Å². The summed E-state index contributed by atoms with van der Waals surface area (Å²) in [5, 5.41) is 3.53. The second-order valence-electron chi connectivity index (χ2n) is 3.28. The summed E-state index contributed by atoms with van der Waals surface area (Å²) in [6.45, 7) is 7.01. The van der Waals surface area contributed by atoms with Gasteiger partial charge in [0, 0.05) is 17.1 Å². The van der Waals surface area contributed by atoms with E-state index in [4.69, 9.17) is 0 Å². The van der Waals surface area contributed by atoms with Crippen LogP contribution in [0.15, 0.2) is 24.4 Å². The van der Waals surface area contributed by atoms with E-state index in [1.54, 1.807) is 11.3 Å². The van der Waals surface area contributed by atoms with Crippen LogP contribution < -0.4 is 5.32 Å².